The largest absolute Gasteiger partial charge is 0.488 e. The molecule has 0 saturated heterocycles. The topological polar surface area (TPSA) is 18.5 Å². The zero-order valence-corrected chi connectivity index (χ0v) is 14.5. The summed E-state index contributed by atoms with van der Waals surface area (Å²) in [6.07, 6.45) is 0. The van der Waals surface area contributed by atoms with Crippen molar-refractivity contribution >= 4 is 10.8 Å². The molecule has 0 aliphatic rings. The van der Waals surface area contributed by atoms with E-state index in [1.165, 1.54) is 0 Å². The fourth-order valence-corrected chi connectivity index (χ4v) is 2.97. The summed E-state index contributed by atoms with van der Waals surface area (Å²) in [5.74, 6) is 1.74. The molecule has 4 aromatic rings. The van der Waals surface area contributed by atoms with Gasteiger partial charge in [-0.1, -0.05) is 84.9 Å². The Kier molecular flexibility index (Phi) is 4.83. The van der Waals surface area contributed by atoms with Gasteiger partial charge in [-0.2, -0.15) is 0 Å². The summed E-state index contributed by atoms with van der Waals surface area (Å²) < 4.78 is 12.1. The minimum atomic E-state index is 0.551. The van der Waals surface area contributed by atoms with Gasteiger partial charge in [-0.05, 0) is 23.3 Å². The van der Waals surface area contributed by atoms with E-state index in [1.54, 1.807) is 0 Å². The maximum Gasteiger partial charge on any atom is 0.127 e. The summed E-state index contributed by atoms with van der Waals surface area (Å²) in [5, 5.41) is 2.13. The quantitative estimate of drug-likeness (QED) is 0.429. The van der Waals surface area contributed by atoms with Crippen LogP contribution in [0.5, 0.6) is 11.5 Å². The molecule has 2 heteroatoms. The van der Waals surface area contributed by atoms with E-state index in [0.717, 1.165) is 33.4 Å². The normalized spacial score (nSPS) is 10.6. The molecule has 0 aliphatic heterocycles. The Morgan fingerprint density at radius 3 is 1.23 bits per heavy atom. The summed E-state index contributed by atoms with van der Waals surface area (Å²) >= 11 is 0. The van der Waals surface area contributed by atoms with E-state index < -0.39 is 0 Å². The summed E-state index contributed by atoms with van der Waals surface area (Å²) in [4.78, 5) is 0. The molecule has 0 saturated carbocycles. The highest BCUT2D eigenvalue weighted by atomic mass is 16.5. The molecule has 0 spiro atoms. The average Bonchev–Trinajstić information content (AvgIpc) is 2.72. The third-order valence-electron chi connectivity index (χ3n) is 4.32. The molecular formula is C24H20O2. The van der Waals surface area contributed by atoms with Gasteiger partial charge < -0.3 is 9.47 Å². The molecular weight excluding hydrogens is 320 g/mol. The molecule has 0 aliphatic carbocycles. The van der Waals surface area contributed by atoms with Crippen molar-refractivity contribution in [1.29, 1.82) is 0 Å². The van der Waals surface area contributed by atoms with Crippen molar-refractivity contribution in [3.8, 4) is 11.5 Å². The van der Waals surface area contributed by atoms with Crippen LogP contribution in [0.2, 0.25) is 0 Å². The SMILES string of the molecule is c1ccc(COc2ccc(OCc3ccccc3)c3ccccc23)cc1. The molecule has 4 rings (SSSR count). The standard InChI is InChI=1S/C24H20O2/c1-3-9-19(10-4-1)17-25-23-15-16-24(22-14-8-7-13-21(22)23)26-18-20-11-5-2-6-12-20/h1-16H,17-18H2. The summed E-state index contributed by atoms with van der Waals surface area (Å²) in [5.41, 5.74) is 2.31. The minimum absolute atomic E-state index is 0.551. The van der Waals surface area contributed by atoms with Gasteiger partial charge in [0.05, 0.1) is 0 Å². The lowest BCUT2D eigenvalue weighted by molar-refractivity contribution is 0.303. The van der Waals surface area contributed by atoms with Crippen LogP contribution in [0.4, 0.5) is 0 Å². The first-order valence-corrected chi connectivity index (χ1v) is 8.75. The first kappa shape index (κ1) is 16.2. The number of hydrogen-bond acceptors (Lipinski definition) is 2. The molecule has 0 radical (unpaired) electrons. The van der Waals surface area contributed by atoms with Gasteiger partial charge in [-0.25, -0.2) is 0 Å². The fourth-order valence-electron chi connectivity index (χ4n) is 2.97. The first-order chi connectivity index (χ1) is 12.9. The van der Waals surface area contributed by atoms with Crippen molar-refractivity contribution in [3.05, 3.63) is 108 Å². The lowest BCUT2D eigenvalue weighted by Gasteiger charge is -2.14. The Bertz CT molecular complexity index is 897. The predicted octanol–water partition coefficient (Wildman–Crippen LogP) is 6.00. The predicted molar refractivity (Wildman–Crippen MR) is 105 cm³/mol. The van der Waals surface area contributed by atoms with Crippen LogP contribution in [0.3, 0.4) is 0 Å². The Morgan fingerprint density at radius 2 is 0.808 bits per heavy atom. The molecule has 2 nitrogen and oxygen atoms in total. The van der Waals surface area contributed by atoms with Crippen molar-refractivity contribution in [2.24, 2.45) is 0 Å². The third kappa shape index (κ3) is 3.70. The second kappa shape index (κ2) is 7.75. The van der Waals surface area contributed by atoms with Crippen LogP contribution in [-0.2, 0) is 13.2 Å². The van der Waals surface area contributed by atoms with Gasteiger partial charge in [0.15, 0.2) is 0 Å². The Labute approximate surface area is 153 Å². The van der Waals surface area contributed by atoms with E-state index in [9.17, 15) is 0 Å². The van der Waals surface area contributed by atoms with Crippen molar-refractivity contribution < 1.29 is 9.47 Å². The third-order valence-corrected chi connectivity index (χ3v) is 4.32. The van der Waals surface area contributed by atoms with Gasteiger partial charge in [0.1, 0.15) is 24.7 Å². The van der Waals surface area contributed by atoms with E-state index in [2.05, 4.69) is 36.4 Å². The van der Waals surface area contributed by atoms with Crippen molar-refractivity contribution in [1.82, 2.24) is 0 Å². The van der Waals surface area contributed by atoms with Crippen molar-refractivity contribution in [2.75, 3.05) is 0 Å². The molecule has 0 unspecified atom stereocenters. The van der Waals surface area contributed by atoms with Crippen LogP contribution in [0.1, 0.15) is 11.1 Å². The van der Waals surface area contributed by atoms with Crippen LogP contribution < -0.4 is 9.47 Å². The van der Waals surface area contributed by atoms with E-state index in [4.69, 9.17) is 9.47 Å². The number of rotatable bonds is 6. The van der Waals surface area contributed by atoms with Crippen molar-refractivity contribution in [2.45, 2.75) is 13.2 Å². The lowest BCUT2D eigenvalue weighted by Crippen LogP contribution is -1.98. The first-order valence-electron chi connectivity index (χ1n) is 8.75. The molecule has 26 heavy (non-hydrogen) atoms. The highest BCUT2D eigenvalue weighted by Gasteiger charge is 2.08. The van der Waals surface area contributed by atoms with Crippen LogP contribution in [0, 0.1) is 0 Å². The molecule has 4 aromatic carbocycles. The van der Waals surface area contributed by atoms with E-state index in [1.807, 2.05) is 60.7 Å². The van der Waals surface area contributed by atoms with Crippen LogP contribution in [0.15, 0.2) is 97.1 Å². The van der Waals surface area contributed by atoms with Gasteiger partial charge in [0, 0.05) is 10.8 Å². The van der Waals surface area contributed by atoms with Crippen LogP contribution in [0.25, 0.3) is 10.8 Å². The summed E-state index contributed by atoms with van der Waals surface area (Å²) in [6, 6.07) is 32.6. The number of fused-ring (bicyclic) bond motifs is 1. The Morgan fingerprint density at radius 1 is 0.423 bits per heavy atom. The lowest BCUT2D eigenvalue weighted by atomic mass is 10.1. The fraction of sp³-hybridized carbons (Fsp3) is 0.0833. The molecule has 0 fully saturated rings. The average molecular weight is 340 g/mol. The van der Waals surface area contributed by atoms with Gasteiger partial charge in [-0.3, -0.25) is 0 Å². The van der Waals surface area contributed by atoms with E-state index >= 15 is 0 Å². The van der Waals surface area contributed by atoms with Crippen LogP contribution >= 0.6 is 0 Å². The Hall–Kier alpha value is -3.26. The second-order valence-electron chi connectivity index (χ2n) is 6.16. The molecule has 0 aromatic heterocycles. The maximum absolute atomic E-state index is 6.07. The smallest absolute Gasteiger partial charge is 0.127 e. The molecule has 0 N–H and O–H groups in total. The second-order valence-corrected chi connectivity index (χ2v) is 6.16. The summed E-state index contributed by atoms with van der Waals surface area (Å²) in [6.45, 7) is 1.10. The van der Waals surface area contributed by atoms with E-state index in [-0.39, 0.29) is 0 Å². The highest BCUT2D eigenvalue weighted by molar-refractivity contribution is 5.93. The molecule has 0 amide bonds. The van der Waals surface area contributed by atoms with Gasteiger partial charge in [0.2, 0.25) is 0 Å². The van der Waals surface area contributed by atoms with Gasteiger partial charge >= 0.3 is 0 Å². The highest BCUT2D eigenvalue weighted by Crippen LogP contribution is 2.34. The summed E-state index contributed by atoms with van der Waals surface area (Å²) in [7, 11) is 0. The van der Waals surface area contributed by atoms with Crippen molar-refractivity contribution in [3.63, 3.8) is 0 Å². The van der Waals surface area contributed by atoms with Crippen LogP contribution in [-0.4, -0.2) is 0 Å². The minimum Gasteiger partial charge on any atom is -0.488 e. The molecule has 128 valence electrons. The zero-order chi connectivity index (χ0) is 17.6. The Balaban J connectivity index is 1.57. The number of hydrogen-bond donors (Lipinski definition) is 0. The zero-order valence-electron chi connectivity index (χ0n) is 14.5. The van der Waals surface area contributed by atoms with Gasteiger partial charge in [-0.15, -0.1) is 0 Å². The molecule has 0 bridgehead atoms. The number of benzene rings is 4. The maximum atomic E-state index is 6.07. The van der Waals surface area contributed by atoms with E-state index in [0.29, 0.717) is 13.2 Å². The number of ether oxygens (including phenoxy) is 2. The molecule has 0 atom stereocenters. The molecule has 0 heterocycles. The van der Waals surface area contributed by atoms with Gasteiger partial charge in [0.25, 0.3) is 0 Å². The monoisotopic (exact) mass is 340 g/mol.